The number of halogens is 6. The minimum Gasteiger partial charge on any atom is -0.406 e. The van der Waals surface area contributed by atoms with Gasteiger partial charge >= 0.3 is 12.7 Å². The first kappa shape index (κ1) is 30.2. The minimum atomic E-state index is -5.24. The first-order valence-electron chi connectivity index (χ1n) is 11.6. The van der Waals surface area contributed by atoms with Gasteiger partial charge in [0.25, 0.3) is 11.8 Å². The van der Waals surface area contributed by atoms with Crippen molar-refractivity contribution in [2.24, 2.45) is 5.10 Å². The lowest BCUT2D eigenvalue weighted by Gasteiger charge is -2.38. The van der Waals surface area contributed by atoms with Gasteiger partial charge in [-0.1, -0.05) is 0 Å². The molecule has 11 nitrogen and oxygen atoms in total. The summed E-state index contributed by atoms with van der Waals surface area (Å²) in [6.45, 7) is 6.74. The lowest BCUT2D eigenvalue weighted by Crippen LogP contribution is -2.63. The maximum Gasteiger partial charge on any atom is 0.573 e. The van der Waals surface area contributed by atoms with Gasteiger partial charge in [0.05, 0.1) is 6.04 Å². The molecule has 1 aromatic carbocycles. The van der Waals surface area contributed by atoms with Crippen LogP contribution in [0.25, 0.3) is 0 Å². The molecule has 2 aromatic rings. The summed E-state index contributed by atoms with van der Waals surface area (Å²) in [4.78, 5) is 35.3. The first-order chi connectivity index (χ1) is 18.4. The molecule has 1 aliphatic rings. The molecule has 2 atom stereocenters. The highest BCUT2D eigenvalue weighted by atomic mass is 19.4. The number of rotatable bonds is 8. The lowest BCUT2D eigenvalue weighted by molar-refractivity contribution is -0.276. The molecular formula is C23H25F6N7O4. The number of hydrazone groups is 1. The summed E-state index contributed by atoms with van der Waals surface area (Å²) in [5.41, 5.74) is -1.78. The summed E-state index contributed by atoms with van der Waals surface area (Å²) in [6, 6.07) is 1.95. The van der Waals surface area contributed by atoms with Crippen molar-refractivity contribution in [1.82, 2.24) is 25.5 Å². The number of amides is 2. The van der Waals surface area contributed by atoms with E-state index in [1.165, 1.54) is 29.2 Å². The number of aromatic nitrogens is 2. The van der Waals surface area contributed by atoms with E-state index in [2.05, 4.69) is 35.2 Å². The molecule has 0 radical (unpaired) electrons. The van der Waals surface area contributed by atoms with Gasteiger partial charge in [0.2, 0.25) is 0 Å². The number of ether oxygens (including phenoxy) is 2. The van der Waals surface area contributed by atoms with Crippen LogP contribution >= 0.6 is 0 Å². The van der Waals surface area contributed by atoms with Crippen LogP contribution in [0.4, 0.5) is 32.2 Å². The summed E-state index contributed by atoms with van der Waals surface area (Å²) >= 11 is 0. The molecule has 0 aliphatic carbocycles. The fraction of sp³-hybridized carbons (Fsp3) is 0.435. The number of nitrogens with one attached hydrogen (secondary N) is 2. The summed E-state index contributed by atoms with van der Waals surface area (Å²) < 4.78 is 83.8. The van der Waals surface area contributed by atoms with Crippen LogP contribution in [0, 0.1) is 0 Å². The van der Waals surface area contributed by atoms with E-state index in [-0.39, 0.29) is 23.5 Å². The Labute approximate surface area is 224 Å². The molecule has 1 unspecified atom stereocenters. The van der Waals surface area contributed by atoms with Crippen molar-refractivity contribution in [3.63, 3.8) is 0 Å². The Morgan fingerprint density at radius 3 is 2.10 bits per heavy atom. The van der Waals surface area contributed by atoms with Crippen LogP contribution in [0.5, 0.6) is 11.5 Å². The van der Waals surface area contributed by atoms with Crippen molar-refractivity contribution in [2.75, 3.05) is 12.1 Å². The molecule has 2 N–H and O–H groups in total. The predicted molar refractivity (Wildman–Crippen MR) is 129 cm³/mol. The van der Waals surface area contributed by atoms with Crippen molar-refractivity contribution in [3.8, 4) is 11.5 Å². The molecule has 0 saturated carbocycles. The maximum atomic E-state index is 13.0. The standard InChI is InChI=1S/C23H25F6N7O4/c1-12(2)35(5)20(38)17-9-18(31-10-30-17)36-21(4,32-11-33-36)13(3)34-19(37)14-6-15(39-22(24,25)26)8-16(7-14)40-23(27,28)29/h6-13H,1-5H3,(H,32,33)(H,34,37)/t13-,21?/m0/s1. The molecule has 2 heterocycles. The number of hydrogen-bond donors (Lipinski definition) is 2. The molecule has 0 fully saturated rings. The van der Waals surface area contributed by atoms with Crippen molar-refractivity contribution < 1.29 is 45.4 Å². The smallest absolute Gasteiger partial charge is 0.406 e. The van der Waals surface area contributed by atoms with Crippen LogP contribution in [-0.4, -0.2) is 70.5 Å². The van der Waals surface area contributed by atoms with E-state index in [1.54, 1.807) is 14.0 Å². The number of carbonyl (C=O) groups is 2. The van der Waals surface area contributed by atoms with Crippen molar-refractivity contribution in [1.29, 1.82) is 0 Å². The number of benzene rings is 1. The monoisotopic (exact) mass is 577 g/mol. The van der Waals surface area contributed by atoms with E-state index in [9.17, 15) is 35.9 Å². The average Bonchev–Trinajstić information content (AvgIpc) is 3.23. The highest BCUT2D eigenvalue weighted by Gasteiger charge is 2.43. The third-order valence-corrected chi connectivity index (χ3v) is 5.95. The number of nitrogens with zero attached hydrogens (tertiary/aromatic N) is 5. The van der Waals surface area contributed by atoms with E-state index in [1.807, 2.05) is 13.8 Å². The maximum absolute atomic E-state index is 13.0. The normalized spacial score (nSPS) is 17.9. The molecule has 17 heteroatoms. The Hall–Kier alpha value is -4.31. The van der Waals surface area contributed by atoms with Gasteiger partial charge in [-0.3, -0.25) is 9.59 Å². The van der Waals surface area contributed by atoms with E-state index >= 15 is 0 Å². The predicted octanol–water partition coefficient (Wildman–Crippen LogP) is 3.64. The Bertz CT molecular complexity index is 1250. The molecule has 0 spiro atoms. The second kappa shape index (κ2) is 11.1. The SMILES string of the molecule is CC(C)N(C)C(=O)c1cc(N2N=CNC2(C)[C@H](C)NC(=O)c2cc(OC(F)(F)F)cc(OC(F)(F)F)c2)ncn1. The zero-order valence-electron chi connectivity index (χ0n) is 21.8. The molecule has 1 aromatic heterocycles. The molecule has 2 amide bonds. The molecular weight excluding hydrogens is 552 g/mol. The highest BCUT2D eigenvalue weighted by Crippen LogP contribution is 2.32. The Balaban J connectivity index is 1.86. The summed E-state index contributed by atoms with van der Waals surface area (Å²) in [6.07, 6.45) is -8.03. The Morgan fingerprint density at radius 2 is 1.57 bits per heavy atom. The van der Waals surface area contributed by atoms with Crippen LogP contribution < -0.4 is 25.1 Å². The van der Waals surface area contributed by atoms with Crippen LogP contribution in [-0.2, 0) is 0 Å². The van der Waals surface area contributed by atoms with Gasteiger partial charge in [0.1, 0.15) is 29.9 Å². The summed E-state index contributed by atoms with van der Waals surface area (Å²) in [5.74, 6) is -3.44. The first-order valence-corrected chi connectivity index (χ1v) is 11.6. The van der Waals surface area contributed by atoms with Crippen molar-refractivity contribution >= 4 is 24.0 Å². The zero-order valence-corrected chi connectivity index (χ0v) is 21.8. The zero-order chi connectivity index (χ0) is 30.0. The second-order valence-electron chi connectivity index (χ2n) is 9.10. The van der Waals surface area contributed by atoms with Crippen LogP contribution in [0.1, 0.15) is 48.5 Å². The third-order valence-electron chi connectivity index (χ3n) is 5.95. The van der Waals surface area contributed by atoms with Gasteiger partial charge < -0.3 is 25.0 Å². The van der Waals surface area contributed by atoms with E-state index in [4.69, 9.17) is 0 Å². The van der Waals surface area contributed by atoms with Gasteiger partial charge in [-0.2, -0.15) is 5.10 Å². The van der Waals surface area contributed by atoms with Gasteiger partial charge in [-0.05, 0) is 39.8 Å². The number of anilines is 1. The number of carbonyl (C=O) groups excluding carboxylic acids is 2. The van der Waals surface area contributed by atoms with Crippen molar-refractivity contribution in [3.05, 3.63) is 41.9 Å². The fourth-order valence-electron chi connectivity index (χ4n) is 3.51. The third kappa shape index (κ3) is 7.20. The van der Waals surface area contributed by atoms with Crippen LogP contribution in [0.2, 0.25) is 0 Å². The number of hydrogen-bond acceptors (Lipinski definition) is 9. The molecule has 0 saturated heterocycles. The molecule has 40 heavy (non-hydrogen) atoms. The summed E-state index contributed by atoms with van der Waals surface area (Å²) in [7, 11) is 1.60. The van der Waals surface area contributed by atoms with Gasteiger partial charge in [0, 0.05) is 30.8 Å². The lowest BCUT2D eigenvalue weighted by atomic mass is 10.0. The largest absolute Gasteiger partial charge is 0.573 e. The Kier molecular flexibility index (Phi) is 8.35. The summed E-state index contributed by atoms with van der Waals surface area (Å²) in [5, 5.41) is 11.0. The quantitative estimate of drug-likeness (QED) is 0.457. The van der Waals surface area contributed by atoms with E-state index < -0.39 is 47.4 Å². The molecule has 3 rings (SSSR count). The van der Waals surface area contributed by atoms with E-state index in [0.29, 0.717) is 18.2 Å². The molecule has 0 bridgehead atoms. The van der Waals surface area contributed by atoms with Crippen molar-refractivity contribution in [2.45, 2.75) is 58.2 Å². The second-order valence-corrected chi connectivity index (χ2v) is 9.10. The molecule has 1 aliphatic heterocycles. The fourth-order valence-corrected chi connectivity index (χ4v) is 3.51. The van der Waals surface area contributed by atoms with Gasteiger partial charge in [-0.25, -0.2) is 15.0 Å². The minimum absolute atomic E-state index is 0.0704. The number of alkyl halides is 6. The molecule has 218 valence electrons. The van der Waals surface area contributed by atoms with Gasteiger partial charge in [-0.15, -0.1) is 26.3 Å². The van der Waals surface area contributed by atoms with E-state index in [0.717, 1.165) is 6.33 Å². The Morgan fingerprint density at radius 1 is 1.00 bits per heavy atom. The van der Waals surface area contributed by atoms with Gasteiger partial charge in [0.15, 0.2) is 11.5 Å². The average molecular weight is 577 g/mol. The highest BCUT2D eigenvalue weighted by molar-refractivity contribution is 5.95. The van der Waals surface area contributed by atoms with Crippen LogP contribution in [0.15, 0.2) is 35.7 Å². The topological polar surface area (TPSA) is 121 Å². The van der Waals surface area contributed by atoms with Crippen LogP contribution in [0.3, 0.4) is 0 Å².